The molecule has 0 aliphatic carbocycles. The highest BCUT2D eigenvalue weighted by molar-refractivity contribution is 6.33. The summed E-state index contributed by atoms with van der Waals surface area (Å²) in [6.07, 6.45) is -4.50. The lowest BCUT2D eigenvalue weighted by atomic mass is 10.1. The van der Waals surface area contributed by atoms with Crippen LogP contribution in [0.3, 0.4) is 0 Å². The van der Waals surface area contributed by atoms with Gasteiger partial charge in [0.2, 0.25) is 0 Å². The number of rotatable bonds is 5. The normalized spacial score (nSPS) is 12.4. The van der Waals surface area contributed by atoms with E-state index in [4.69, 9.17) is 11.6 Å². The molecule has 2 aromatic rings. The van der Waals surface area contributed by atoms with E-state index in [0.717, 1.165) is 18.2 Å². The summed E-state index contributed by atoms with van der Waals surface area (Å²) in [5, 5.41) is 4.04. The van der Waals surface area contributed by atoms with E-state index in [1.807, 2.05) is 0 Å². The number of hydrogen-bond donors (Lipinski definition) is 1. The molecule has 0 heterocycles. The van der Waals surface area contributed by atoms with Crippen molar-refractivity contribution in [3.05, 3.63) is 58.6 Å². The Hall–Kier alpha value is -2.35. The van der Waals surface area contributed by atoms with Crippen LogP contribution in [0.5, 0.6) is 5.75 Å². The molecule has 1 N–H and O–H groups in total. The maximum atomic E-state index is 12.7. The topological polar surface area (TPSA) is 33.6 Å². The fourth-order valence-electron chi connectivity index (χ4n) is 1.87. The largest absolute Gasteiger partial charge is 0.435 e. The fourth-order valence-corrected chi connectivity index (χ4v) is 2.03. The Bertz CT molecular complexity index is 760. The second-order valence-corrected chi connectivity index (χ2v) is 5.31. The Morgan fingerprint density at radius 3 is 2.32 bits per heavy atom. The molecule has 0 saturated heterocycles. The predicted octanol–water partition coefficient (Wildman–Crippen LogP) is 5.80. The number of hydrogen-bond acceptors (Lipinski definition) is 3. The van der Waals surface area contributed by atoms with E-state index in [-0.39, 0.29) is 16.5 Å². The summed E-state index contributed by atoms with van der Waals surface area (Å²) < 4.78 is 66.6. The van der Waals surface area contributed by atoms with Gasteiger partial charge >= 0.3 is 12.8 Å². The molecule has 0 aliphatic heterocycles. The van der Waals surface area contributed by atoms with Crippen LogP contribution in [0.25, 0.3) is 0 Å². The maximum Gasteiger partial charge on any atom is 0.416 e. The van der Waals surface area contributed by atoms with Crippen LogP contribution in [0.2, 0.25) is 5.02 Å². The zero-order valence-corrected chi connectivity index (χ0v) is 13.5. The summed E-state index contributed by atoms with van der Waals surface area (Å²) in [4.78, 5) is 0. The Kier molecular flexibility index (Phi) is 5.84. The van der Waals surface area contributed by atoms with Gasteiger partial charge in [-0.05, 0) is 55.0 Å². The van der Waals surface area contributed by atoms with Crippen LogP contribution in [0.15, 0.2) is 47.6 Å². The zero-order valence-electron chi connectivity index (χ0n) is 12.7. The summed E-state index contributed by atoms with van der Waals surface area (Å²) in [5.41, 5.74) is 2.59. The van der Waals surface area contributed by atoms with Gasteiger partial charge in [0, 0.05) is 0 Å². The van der Waals surface area contributed by atoms with Crippen molar-refractivity contribution in [2.24, 2.45) is 5.10 Å². The van der Waals surface area contributed by atoms with E-state index in [2.05, 4.69) is 15.3 Å². The van der Waals surface area contributed by atoms with Gasteiger partial charge < -0.3 is 4.74 Å². The first-order valence-corrected chi connectivity index (χ1v) is 7.27. The molecular weight excluding hydrogens is 367 g/mol. The van der Waals surface area contributed by atoms with E-state index in [1.165, 1.54) is 24.3 Å². The van der Waals surface area contributed by atoms with Crippen molar-refractivity contribution in [1.82, 2.24) is 0 Å². The Labute approximate surface area is 145 Å². The van der Waals surface area contributed by atoms with Gasteiger partial charge in [-0.25, -0.2) is 0 Å². The number of benzene rings is 2. The summed E-state index contributed by atoms with van der Waals surface area (Å²) in [5.74, 6) is -0.0135. The van der Waals surface area contributed by atoms with E-state index in [1.54, 1.807) is 6.92 Å². The third-order valence-electron chi connectivity index (χ3n) is 3.14. The number of nitrogens with one attached hydrogen (secondary N) is 1. The van der Waals surface area contributed by atoms with Gasteiger partial charge in [0.05, 0.1) is 22.0 Å². The Balaban J connectivity index is 2.16. The van der Waals surface area contributed by atoms with Gasteiger partial charge in [-0.15, -0.1) is 0 Å². The molecule has 3 nitrogen and oxygen atoms in total. The van der Waals surface area contributed by atoms with Crippen LogP contribution in [0, 0.1) is 0 Å². The molecule has 134 valence electrons. The molecule has 2 aromatic carbocycles. The number of alkyl halides is 5. The van der Waals surface area contributed by atoms with Gasteiger partial charge in [-0.3, -0.25) is 5.43 Å². The van der Waals surface area contributed by atoms with Gasteiger partial charge in [0.15, 0.2) is 0 Å². The summed E-state index contributed by atoms with van der Waals surface area (Å²) in [7, 11) is 0. The van der Waals surface area contributed by atoms with Crippen LogP contribution in [0.1, 0.15) is 18.1 Å². The third-order valence-corrected chi connectivity index (χ3v) is 3.46. The number of nitrogens with zero attached hydrogens (tertiary/aromatic N) is 1. The van der Waals surface area contributed by atoms with Crippen LogP contribution in [-0.2, 0) is 6.18 Å². The SMILES string of the molecule is C/C(=N\Nc1cc(C(F)(F)F)ccc1Cl)c1ccc(OC(F)F)cc1. The second-order valence-electron chi connectivity index (χ2n) is 4.90. The molecule has 0 aliphatic rings. The van der Waals surface area contributed by atoms with Gasteiger partial charge in [0.25, 0.3) is 0 Å². The lowest BCUT2D eigenvalue weighted by Crippen LogP contribution is -2.06. The smallest absolute Gasteiger partial charge is 0.416 e. The minimum atomic E-state index is -4.50. The third kappa shape index (κ3) is 5.32. The van der Waals surface area contributed by atoms with Crippen molar-refractivity contribution in [1.29, 1.82) is 0 Å². The first-order chi connectivity index (χ1) is 11.7. The monoisotopic (exact) mass is 378 g/mol. The van der Waals surface area contributed by atoms with Gasteiger partial charge in [-0.1, -0.05) is 11.6 Å². The quantitative estimate of drug-likeness (QED) is 0.405. The molecule has 0 saturated carbocycles. The van der Waals surface area contributed by atoms with E-state index >= 15 is 0 Å². The van der Waals surface area contributed by atoms with Crippen molar-refractivity contribution in [3.8, 4) is 5.75 Å². The van der Waals surface area contributed by atoms with Crippen molar-refractivity contribution in [2.75, 3.05) is 5.43 Å². The van der Waals surface area contributed by atoms with Crippen molar-refractivity contribution in [2.45, 2.75) is 19.7 Å². The summed E-state index contributed by atoms with van der Waals surface area (Å²) in [6, 6.07) is 8.48. The first kappa shape index (κ1) is 19.0. The second kappa shape index (κ2) is 7.69. The highest BCUT2D eigenvalue weighted by Crippen LogP contribution is 2.33. The van der Waals surface area contributed by atoms with Crippen LogP contribution in [0.4, 0.5) is 27.6 Å². The van der Waals surface area contributed by atoms with Gasteiger partial charge in [0.1, 0.15) is 5.75 Å². The maximum absolute atomic E-state index is 12.7. The first-order valence-electron chi connectivity index (χ1n) is 6.89. The highest BCUT2D eigenvalue weighted by Gasteiger charge is 2.30. The van der Waals surface area contributed by atoms with Gasteiger partial charge in [-0.2, -0.15) is 27.1 Å². The molecule has 0 fully saturated rings. The summed E-state index contributed by atoms with van der Waals surface area (Å²) in [6.45, 7) is -1.33. The molecule has 0 atom stereocenters. The predicted molar refractivity (Wildman–Crippen MR) is 85.4 cm³/mol. The van der Waals surface area contributed by atoms with Crippen molar-refractivity contribution >= 4 is 23.0 Å². The molecule has 0 amide bonds. The highest BCUT2D eigenvalue weighted by atomic mass is 35.5. The van der Waals surface area contributed by atoms with Crippen LogP contribution >= 0.6 is 11.6 Å². The average Bonchev–Trinajstić information content (AvgIpc) is 2.53. The molecule has 0 aromatic heterocycles. The lowest BCUT2D eigenvalue weighted by molar-refractivity contribution is -0.137. The van der Waals surface area contributed by atoms with Crippen molar-refractivity contribution in [3.63, 3.8) is 0 Å². The zero-order chi connectivity index (χ0) is 18.6. The number of halogens is 6. The molecule has 2 rings (SSSR count). The number of ether oxygens (including phenoxy) is 1. The molecule has 0 bridgehead atoms. The minimum Gasteiger partial charge on any atom is -0.435 e. The molecule has 0 spiro atoms. The molecule has 9 heteroatoms. The number of hydrazone groups is 1. The Morgan fingerprint density at radius 2 is 1.76 bits per heavy atom. The van der Waals surface area contributed by atoms with E-state index in [0.29, 0.717) is 11.3 Å². The molecule has 0 radical (unpaired) electrons. The fraction of sp³-hybridized carbons (Fsp3) is 0.188. The summed E-state index contributed by atoms with van der Waals surface area (Å²) >= 11 is 5.86. The minimum absolute atomic E-state index is 0.00602. The standard InChI is InChI=1S/C16H12ClF5N2O/c1-9(10-2-5-12(6-3-10)25-15(18)19)23-24-14-8-11(16(20,21)22)4-7-13(14)17/h2-8,15,24H,1H3/b23-9+. The Morgan fingerprint density at radius 1 is 1.12 bits per heavy atom. The lowest BCUT2D eigenvalue weighted by Gasteiger charge is -2.11. The van der Waals surface area contributed by atoms with Crippen LogP contribution in [-0.4, -0.2) is 12.3 Å². The average molecular weight is 379 g/mol. The molecule has 25 heavy (non-hydrogen) atoms. The molecular formula is C16H12ClF5N2O. The van der Waals surface area contributed by atoms with Crippen LogP contribution < -0.4 is 10.2 Å². The molecule has 0 unspecified atom stereocenters. The number of anilines is 1. The van der Waals surface area contributed by atoms with E-state index < -0.39 is 18.4 Å². The van der Waals surface area contributed by atoms with Crippen molar-refractivity contribution < 1.29 is 26.7 Å². The van der Waals surface area contributed by atoms with E-state index in [9.17, 15) is 22.0 Å².